The van der Waals surface area contributed by atoms with Crippen LogP contribution in [0.25, 0.3) is 0 Å². The molecule has 0 saturated carbocycles. The number of benzene rings is 1. The number of hydrogen-bond donors (Lipinski definition) is 3. The van der Waals surface area contributed by atoms with E-state index < -0.39 is 21.3 Å². The molecule has 0 radical (unpaired) electrons. The van der Waals surface area contributed by atoms with Crippen molar-refractivity contribution in [2.45, 2.75) is 39.5 Å². The minimum Gasteiger partial charge on any atom is -0.321 e. The summed E-state index contributed by atoms with van der Waals surface area (Å²) in [5, 5.41) is 11.3. The molecule has 146 valence electrons. The van der Waals surface area contributed by atoms with Crippen molar-refractivity contribution in [2.75, 3.05) is 10.6 Å². The summed E-state index contributed by atoms with van der Waals surface area (Å²) in [5.41, 5.74) is 0.977. The van der Waals surface area contributed by atoms with Gasteiger partial charge in [0.15, 0.2) is 0 Å². The summed E-state index contributed by atoms with van der Waals surface area (Å²) >= 11 is 1.16. The average Bonchev–Trinajstić information content (AvgIpc) is 2.87. The Morgan fingerprint density at radius 2 is 1.67 bits per heavy atom. The molecular weight excluding hydrogens is 386 g/mol. The molecule has 0 fully saturated rings. The molecule has 0 aliphatic heterocycles. The summed E-state index contributed by atoms with van der Waals surface area (Å²) in [6, 6.07) is 6.24. The number of anilines is 2. The molecule has 1 heterocycles. The molecule has 2 aromatic rings. The smallest absolute Gasteiger partial charge is 0.266 e. The van der Waals surface area contributed by atoms with Crippen LogP contribution in [0.15, 0.2) is 29.2 Å². The fourth-order valence-electron chi connectivity index (χ4n) is 2.24. The number of primary sulfonamides is 1. The zero-order valence-corrected chi connectivity index (χ0v) is 17.5. The van der Waals surface area contributed by atoms with Gasteiger partial charge >= 0.3 is 0 Å². The number of thiophene rings is 1. The minimum atomic E-state index is -3.88. The van der Waals surface area contributed by atoms with Gasteiger partial charge in [0, 0.05) is 11.1 Å². The molecule has 0 saturated heterocycles. The first kappa shape index (κ1) is 21.1. The molecule has 2 rings (SSSR count). The van der Waals surface area contributed by atoms with Gasteiger partial charge in [-0.3, -0.25) is 9.59 Å². The van der Waals surface area contributed by atoms with E-state index in [1.54, 1.807) is 52.8 Å². The molecule has 7 nitrogen and oxygen atoms in total. The lowest BCUT2D eigenvalue weighted by molar-refractivity contribution is -0.123. The third-order valence-electron chi connectivity index (χ3n) is 3.79. The van der Waals surface area contributed by atoms with Crippen molar-refractivity contribution in [3.05, 3.63) is 40.3 Å². The number of carbonyl (C=O) groups excluding carboxylic acids is 2. The van der Waals surface area contributed by atoms with E-state index in [0.717, 1.165) is 11.3 Å². The van der Waals surface area contributed by atoms with E-state index in [4.69, 9.17) is 5.14 Å². The largest absolute Gasteiger partial charge is 0.321 e. The van der Waals surface area contributed by atoms with E-state index >= 15 is 0 Å². The SMILES string of the molecule is Cc1ccc(NC(=O)c2sc(NC(=O)C(C)(C)C)cc2C)cc1S(N)(=O)=O. The second kappa shape index (κ2) is 7.41. The van der Waals surface area contributed by atoms with Gasteiger partial charge in [-0.2, -0.15) is 0 Å². The van der Waals surface area contributed by atoms with Crippen molar-refractivity contribution in [3.63, 3.8) is 0 Å². The van der Waals surface area contributed by atoms with Crippen molar-refractivity contribution in [1.82, 2.24) is 0 Å². The molecule has 0 aliphatic rings. The van der Waals surface area contributed by atoms with Gasteiger partial charge in [0.1, 0.15) is 0 Å². The van der Waals surface area contributed by atoms with Gasteiger partial charge in [-0.25, -0.2) is 13.6 Å². The monoisotopic (exact) mass is 409 g/mol. The van der Waals surface area contributed by atoms with Crippen LogP contribution >= 0.6 is 11.3 Å². The van der Waals surface area contributed by atoms with Crippen LogP contribution in [0.2, 0.25) is 0 Å². The third-order valence-corrected chi connectivity index (χ3v) is 6.00. The van der Waals surface area contributed by atoms with Gasteiger partial charge in [-0.1, -0.05) is 26.8 Å². The first-order valence-corrected chi connectivity index (χ1v) is 10.5. The van der Waals surface area contributed by atoms with Gasteiger partial charge in [0.05, 0.1) is 14.8 Å². The van der Waals surface area contributed by atoms with Gasteiger partial charge in [-0.15, -0.1) is 11.3 Å². The number of hydrogen-bond acceptors (Lipinski definition) is 5. The van der Waals surface area contributed by atoms with E-state index in [0.29, 0.717) is 26.7 Å². The van der Waals surface area contributed by atoms with Crippen LogP contribution in [0.5, 0.6) is 0 Å². The molecule has 4 N–H and O–H groups in total. The molecule has 1 aromatic heterocycles. The Balaban J connectivity index is 2.24. The zero-order chi connectivity index (χ0) is 20.6. The maximum absolute atomic E-state index is 12.6. The van der Waals surface area contributed by atoms with E-state index in [9.17, 15) is 18.0 Å². The summed E-state index contributed by atoms with van der Waals surface area (Å²) in [6.45, 7) is 8.80. The van der Waals surface area contributed by atoms with Crippen molar-refractivity contribution < 1.29 is 18.0 Å². The van der Waals surface area contributed by atoms with Crippen LogP contribution in [-0.2, 0) is 14.8 Å². The number of carbonyl (C=O) groups is 2. The lowest BCUT2D eigenvalue weighted by Crippen LogP contribution is -2.27. The van der Waals surface area contributed by atoms with Gasteiger partial charge in [-0.05, 0) is 43.2 Å². The van der Waals surface area contributed by atoms with Crippen LogP contribution in [-0.4, -0.2) is 20.2 Å². The number of aryl methyl sites for hydroxylation is 2. The minimum absolute atomic E-state index is 0.0404. The second-order valence-corrected chi connectivity index (χ2v) is 9.89. The van der Waals surface area contributed by atoms with E-state index in [1.807, 2.05) is 0 Å². The Morgan fingerprint density at radius 3 is 2.22 bits per heavy atom. The van der Waals surface area contributed by atoms with Crippen molar-refractivity contribution in [2.24, 2.45) is 10.6 Å². The van der Waals surface area contributed by atoms with Crippen molar-refractivity contribution >= 4 is 43.9 Å². The average molecular weight is 410 g/mol. The summed E-state index contributed by atoms with van der Waals surface area (Å²) in [4.78, 5) is 25.1. The van der Waals surface area contributed by atoms with Crippen LogP contribution in [0.4, 0.5) is 10.7 Å². The Bertz CT molecular complexity index is 1000. The summed E-state index contributed by atoms with van der Waals surface area (Å²) in [7, 11) is -3.88. The standard InChI is InChI=1S/C18H23N3O4S2/c1-10-6-7-12(9-13(10)27(19,24)25)20-16(22)15-11(2)8-14(26-15)21-17(23)18(3,4)5/h6-9H,1-5H3,(H,20,22)(H,21,23)(H2,19,24,25). The van der Waals surface area contributed by atoms with Crippen molar-refractivity contribution in [3.8, 4) is 0 Å². The number of sulfonamides is 1. The van der Waals surface area contributed by atoms with E-state index in [2.05, 4.69) is 10.6 Å². The predicted octanol–water partition coefficient (Wildman–Crippen LogP) is 3.25. The topological polar surface area (TPSA) is 118 Å². The lowest BCUT2D eigenvalue weighted by atomic mass is 9.96. The number of amides is 2. The first-order valence-electron chi connectivity index (χ1n) is 8.16. The fraction of sp³-hybridized carbons (Fsp3) is 0.333. The molecular formula is C18H23N3O4S2. The molecule has 1 aromatic carbocycles. The quantitative estimate of drug-likeness (QED) is 0.718. The highest BCUT2D eigenvalue weighted by molar-refractivity contribution is 7.89. The van der Waals surface area contributed by atoms with Crippen LogP contribution in [0.1, 0.15) is 41.6 Å². The molecule has 0 atom stereocenters. The normalized spacial score (nSPS) is 11.9. The van der Waals surface area contributed by atoms with E-state index in [-0.39, 0.29) is 10.8 Å². The zero-order valence-electron chi connectivity index (χ0n) is 15.8. The third kappa shape index (κ3) is 5.15. The Labute approximate surface area is 163 Å². The highest BCUT2D eigenvalue weighted by atomic mass is 32.2. The second-order valence-electron chi connectivity index (χ2n) is 7.31. The molecule has 0 aliphatic carbocycles. The number of rotatable bonds is 4. The van der Waals surface area contributed by atoms with Crippen LogP contribution < -0.4 is 15.8 Å². The highest BCUT2D eigenvalue weighted by Gasteiger charge is 2.23. The number of nitrogens with two attached hydrogens (primary N) is 1. The molecule has 0 bridgehead atoms. The van der Waals surface area contributed by atoms with Gasteiger partial charge < -0.3 is 10.6 Å². The molecule has 2 amide bonds. The number of nitrogens with one attached hydrogen (secondary N) is 2. The molecule has 0 spiro atoms. The molecule has 0 unspecified atom stereocenters. The van der Waals surface area contributed by atoms with Crippen molar-refractivity contribution in [1.29, 1.82) is 0 Å². The molecule has 27 heavy (non-hydrogen) atoms. The summed E-state index contributed by atoms with van der Waals surface area (Å²) < 4.78 is 23.3. The molecule has 9 heteroatoms. The Hall–Kier alpha value is -2.23. The Kier molecular flexibility index (Phi) is 5.79. The van der Waals surface area contributed by atoms with Crippen LogP contribution in [0, 0.1) is 19.3 Å². The van der Waals surface area contributed by atoms with Crippen LogP contribution in [0.3, 0.4) is 0 Å². The Morgan fingerprint density at radius 1 is 1.04 bits per heavy atom. The first-order chi connectivity index (χ1) is 12.3. The van der Waals surface area contributed by atoms with Gasteiger partial charge in [0.2, 0.25) is 15.9 Å². The lowest BCUT2D eigenvalue weighted by Gasteiger charge is -2.16. The summed E-state index contributed by atoms with van der Waals surface area (Å²) in [6.07, 6.45) is 0. The van der Waals surface area contributed by atoms with E-state index in [1.165, 1.54) is 6.07 Å². The summed E-state index contributed by atoms with van der Waals surface area (Å²) in [5.74, 6) is -0.537. The fourth-order valence-corrected chi connectivity index (χ4v) is 4.01. The highest BCUT2D eigenvalue weighted by Crippen LogP contribution is 2.29. The predicted molar refractivity (Wildman–Crippen MR) is 108 cm³/mol. The maximum atomic E-state index is 12.6. The maximum Gasteiger partial charge on any atom is 0.266 e. The van der Waals surface area contributed by atoms with Gasteiger partial charge in [0.25, 0.3) is 5.91 Å².